The highest BCUT2D eigenvalue weighted by molar-refractivity contribution is 8.15. The summed E-state index contributed by atoms with van der Waals surface area (Å²) >= 11 is 1.23. The molecule has 1 amide bonds. The predicted molar refractivity (Wildman–Crippen MR) is 45.7 cm³/mol. The Labute approximate surface area is 73.6 Å². The number of hydrogen-bond acceptors (Lipinski definition) is 4. The molecule has 0 radical (unpaired) electrons. The molecule has 0 aromatic carbocycles. The molecular weight excluding hydrogens is 176 g/mol. The van der Waals surface area contributed by atoms with E-state index < -0.39 is 5.91 Å². The lowest BCUT2D eigenvalue weighted by Gasteiger charge is -2.15. The molecule has 0 saturated heterocycles. The second-order valence-electron chi connectivity index (χ2n) is 3.00. The molecule has 0 aromatic rings. The minimum absolute atomic E-state index is 0.233. The topological polar surface area (TPSA) is 72.5 Å². The molecule has 2 rings (SSSR count). The van der Waals surface area contributed by atoms with Crippen molar-refractivity contribution in [3.05, 3.63) is 0 Å². The molecule has 1 aliphatic heterocycles. The first kappa shape index (κ1) is 7.79. The van der Waals surface area contributed by atoms with Gasteiger partial charge in [-0.15, -0.1) is 0 Å². The Morgan fingerprint density at radius 1 is 1.42 bits per heavy atom. The number of nitrogens with zero attached hydrogens (tertiary/aromatic N) is 1. The SMILES string of the molecule is NC1=NC(=O)C(=O)C(C2CC2)S1. The van der Waals surface area contributed by atoms with Crippen LogP contribution in [0.5, 0.6) is 0 Å². The van der Waals surface area contributed by atoms with Gasteiger partial charge in [-0.05, 0) is 18.8 Å². The summed E-state index contributed by atoms with van der Waals surface area (Å²) in [6, 6.07) is 0. The first-order chi connectivity index (χ1) is 5.68. The molecule has 5 heteroatoms. The van der Waals surface area contributed by atoms with Gasteiger partial charge in [-0.25, -0.2) is 0 Å². The summed E-state index contributed by atoms with van der Waals surface area (Å²) in [4.78, 5) is 25.5. The highest BCUT2D eigenvalue weighted by Crippen LogP contribution is 2.40. The quantitative estimate of drug-likeness (QED) is 0.578. The zero-order valence-corrected chi connectivity index (χ0v) is 7.13. The molecular formula is C7H8N2O2S. The molecule has 12 heavy (non-hydrogen) atoms. The third kappa shape index (κ3) is 1.24. The van der Waals surface area contributed by atoms with E-state index in [1.807, 2.05) is 0 Å². The second-order valence-corrected chi connectivity index (χ2v) is 4.16. The van der Waals surface area contributed by atoms with Crippen LogP contribution in [0.15, 0.2) is 4.99 Å². The number of carbonyl (C=O) groups is 2. The zero-order valence-electron chi connectivity index (χ0n) is 6.32. The summed E-state index contributed by atoms with van der Waals surface area (Å²) in [6.07, 6.45) is 2.06. The van der Waals surface area contributed by atoms with Gasteiger partial charge >= 0.3 is 5.91 Å². The highest BCUT2D eigenvalue weighted by atomic mass is 32.2. The van der Waals surface area contributed by atoms with Crippen molar-refractivity contribution in [2.75, 3.05) is 0 Å². The molecule has 2 N–H and O–H groups in total. The largest absolute Gasteiger partial charge is 0.378 e. The number of hydrogen-bond donors (Lipinski definition) is 1. The van der Waals surface area contributed by atoms with Gasteiger partial charge in [0.15, 0.2) is 5.17 Å². The van der Waals surface area contributed by atoms with Crippen LogP contribution in [0.3, 0.4) is 0 Å². The van der Waals surface area contributed by atoms with Crippen LogP contribution >= 0.6 is 11.8 Å². The Balaban J connectivity index is 2.21. The number of rotatable bonds is 1. The lowest BCUT2D eigenvalue weighted by molar-refractivity contribution is -0.135. The van der Waals surface area contributed by atoms with E-state index in [1.54, 1.807) is 0 Å². The molecule has 0 spiro atoms. The van der Waals surface area contributed by atoms with Crippen LogP contribution < -0.4 is 5.73 Å². The lowest BCUT2D eigenvalue weighted by atomic mass is 10.2. The van der Waals surface area contributed by atoms with Crippen molar-refractivity contribution >= 4 is 28.6 Å². The number of ketones is 1. The predicted octanol–water partition coefficient (Wildman–Crippen LogP) is -0.0778. The first-order valence-corrected chi connectivity index (χ1v) is 4.65. The van der Waals surface area contributed by atoms with E-state index in [1.165, 1.54) is 11.8 Å². The Morgan fingerprint density at radius 3 is 2.67 bits per heavy atom. The molecule has 4 nitrogen and oxygen atoms in total. The number of thioether (sulfide) groups is 1. The summed E-state index contributed by atoms with van der Waals surface area (Å²) < 4.78 is 0. The maximum atomic E-state index is 11.2. The van der Waals surface area contributed by atoms with Crippen molar-refractivity contribution in [3.8, 4) is 0 Å². The van der Waals surface area contributed by atoms with Crippen molar-refractivity contribution in [1.82, 2.24) is 0 Å². The average Bonchev–Trinajstić information content (AvgIpc) is 2.79. The van der Waals surface area contributed by atoms with E-state index in [2.05, 4.69) is 4.99 Å². The summed E-state index contributed by atoms with van der Waals surface area (Å²) in [6.45, 7) is 0. The van der Waals surface area contributed by atoms with E-state index in [0.717, 1.165) is 12.8 Å². The van der Waals surface area contributed by atoms with Gasteiger partial charge in [0.2, 0.25) is 5.78 Å². The van der Waals surface area contributed by atoms with E-state index >= 15 is 0 Å². The number of Topliss-reactive ketones (excluding diaryl/α,β-unsaturated/α-hetero) is 1. The maximum absolute atomic E-state index is 11.2. The Kier molecular flexibility index (Phi) is 1.68. The molecule has 0 aromatic heterocycles. The van der Waals surface area contributed by atoms with Crippen LogP contribution in [0.4, 0.5) is 0 Å². The second kappa shape index (κ2) is 2.58. The number of carbonyl (C=O) groups excluding carboxylic acids is 2. The van der Waals surface area contributed by atoms with Crippen LogP contribution in [0.25, 0.3) is 0 Å². The zero-order chi connectivity index (χ0) is 8.72. The number of aliphatic imine (C=N–C) groups is 1. The Bertz CT molecular complexity index is 283. The molecule has 64 valence electrons. The Morgan fingerprint density at radius 2 is 2.08 bits per heavy atom. The van der Waals surface area contributed by atoms with Crippen molar-refractivity contribution in [2.45, 2.75) is 18.1 Å². The summed E-state index contributed by atoms with van der Waals surface area (Å²) in [5, 5.41) is -0.00787. The van der Waals surface area contributed by atoms with Crippen LogP contribution in [-0.4, -0.2) is 22.1 Å². The highest BCUT2D eigenvalue weighted by Gasteiger charge is 2.42. The van der Waals surface area contributed by atoms with Crippen molar-refractivity contribution in [3.63, 3.8) is 0 Å². The van der Waals surface area contributed by atoms with Crippen molar-refractivity contribution < 1.29 is 9.59 Å². The van der Waals surface area contributed by atoms with E-state index in [9.17, 15) is 9.59 Å². The molecule has 2 aliphatic rings. The number of amidine groups is 1. The molecule has 1 fully saturated rings. The van der Waals surface area contributed by atoms with Gasteiger partial charge in [0.25, 0.3) is 0 Å². The van der Waals surface area contributed by atoms with Gasteiger partial charge in [-0.1, -0.05) is 11.8 Å². The minimum Gasteiger partial charge on any atom is -0.378 e. The van der Waals surface area contributed by atoms with Crippen LogP contribution in [0.2, 0.25) is 0 Å². The molecule has 1 heterocycles. The molecule has 0 bridgehead atoms. The number of nitrogens with two attached hydrogens (primary N) is 1. The van der Waals surface area contributed by atoms with Crippen LogP contribution in [-0.2, 0) is 9.59 Å². The monoisotopic (exact) mass is 184 g/mol. The average molecular weight is 184 g/mol. The normalized spacial score (nSPS) is 30.3. The number of amides is 1. The van der Waals surface area contributed by atoms with Crippen molar-refractivity contribution in [2.24, 2.45) is 16.6 Å². The van der Waals surface area contributed by atoms with Gasteiger partial charge in [-0.2, -0.15) is 4.99 Å². The van der Waals surface area contributed by atoms with Crippen LogP contribution in [0.1, 0.15) is 12.8 Å². The first-order valence-electron chi connectivity index (χ1n) is 3.77. The fourth-order valence-electron chi connectivity index (χ4n) is 1.20. The maximum Gasteiger partial charge on any atom is 0.316 e. The van der Waals surface area contributed by atoms with Gasteiger partial charge in [0, 0.05) is 0 Å². The standard InChI is InChI=1S/C7H8N2O2S/c8-7-9-6(11)4(10)5(12-7)3-1-2-3/h3,5H,1-2H2,(H2,8,9,11). The lowest BCUT2D eigenvalue weighted by Crippen LogP contribution is -2.34. The minimum atomic E-state index is -0.678. The van der Waals surface area contributed by atoms with Gasteiger partial charge < -0.3 is 5.73 Å². The molecule has 1 saturated carbocycles. The summed E-state index contributed by atoms with van der Waals surface area (Å²) in [5.74, 6) is -0.694. The smallest absolute Gasteiger partial charge is 0.316 e. The Hall–Kier alpha value is -0.840. The fourth-order valence-corrected chi connectivity index (χ4v) is 2.26. The van der Waals surface area contributed by atoms with Gasteiger partial charge in [0.1, 0.15) is 0 Å². The molecule has 1 atom stereocenters. The molecule has 1 aliphatic carbocycles. The third-order valence-electron chi connectivity index (χ3n) is 1.98. The van der Waals surface area contributed by atoms with Crippen LogP contribution in [0, 0.1) is 5.92 Å². The third-order valence-corrected chi connectivity index (χ3v) is 3.16. The van der Waals surface area contributed by atoms with Gasteiger partial charge in [-0.3, -0.25) is 9.59 Å². The van der Waals surface area contributed by atoms with E-state index in [0.29, 0.717) is 5.92 Å². The van der Waals surface area contributed by atoms with Crippen molar-refractivity contribution in [1.29, 1.82) is 0 Å². The van der Waals surface area contributed by atoms with E-state index in [-0.39, 0.29) is 16.2 Å². The fraction of sp³-hybridized carbons (Fsp3) is 0.571. The van der Waals surface area contributed by atoms with E-state index in [4.69, 9.17) is 5.73 Å². The summed E-state index contributed by atoms with van der Waals surface area (Å²) in [5.41, 5.74) is 5.38. The molecule has 1 unspecified atom stereocenters. The summed E-state index contributed by atoms with van der Waals surface area (Å²) in [7, 11) is 0. The van der Waals surface area contributed by atoms with Gasteiger partial charge in [0.05, 0.1) is 5.25 Å².